The van der Waals surface area contributed by atoms with E-state index in [9.17, 15) is 9.90 Å². The first-order chi connectivity index (χ1) is 7.18. The minimum Gasteiger partial charge on any atom is -0.391 e. The van der Waals surface area contributed by atoms with Gasteiger partial charge in [0.05, 0.1) is 11.1 Å². The highest BCUT2D eigenvalue weighted by molar-refractivity contribution is 7.12. The van der Waals surface area contributed by atoms with Crippen molar-refractivity contribution in [3.05, 3.63) is 21.3 Å². The Labute approximate surface area is 97.1 Å². The molecule has 0 saturated heterocycles. The van der Waals surface area contributed by atoms with E-state index < -0.39 is 6.10 Å². The first-order valence-corrected chi connectivity index (χ1v) is 6.13. The Kier molecular flexibility index (Phi) is 3.29. The zero-order valence-electron chi connectivity index (χ0n) is 8.07. The van der Waals surface area contributed by atoms with Crippen LogP contribution in [0.25, 0.3) is 0 Å². The summed E-state index contributed by atoms with van der Waals surface area (Å²) in [4.78, 5) is 12.1. The average Bonchev–Trinajstić information content (AvgIpc) is 2.98. The van der Waals surface area contributed by atoms with Crippen LogP contribution in [0, 0.1) is 5.92 Å². The van der Waals surface area contributed by atoms with Gasteiger partial charge >= 0.3 is 0 Å². The highest BCUT2D eigenvalue weighted by Crippen LogP contribution is 2.32. The summed E-state index contributed by atoms with van der Waals surface area (Å²) in [6, 6.07) is 1.69. The Bertz CT molecular complexity index is 362. The molecule has 2 rings (SSSR count). The number of carbonyl (C=O) groups excluding carboxylic acids is 1. The number of rotatable bonds is 4. The predicted molar refractivity (Wildman–Crippen MR) is 60.4 cm³/mol. The quantitative estimate of drug-likeness (QED) is 0.851. The Hall–Kier alpha value is -0.580. The molecule has 1 aromatic rings. The van der Waals surface area contributed by atoms with Gasteiger partial charge in [-0.15, -0.1) is 11.3 Å². The Balaban J connectivity index is 1.84. The summed E-state index contributed by atoms with van der Waals surface area (Å²) in [6.45, 7) is 0.317. The zero-order chi connectivity index (χ0) is 10.8. The molecule has 0 aromatic carbocycles. The van der Waals surface area contributed by atoms with Gasteiger partial charge in [0.15, 0.2) is 0 Å². The van der Waals surface area contributed by atoms with Crippen molar-refractivity contribution in [2.45, 2.75) is 18.9 Å². The van der Waals surface area contributed by atoms with E-state index in [0.29, 0.717) is 22.4 Å². The summed E-state index contributed by atoms with van der Waals surface area (Å²) in [5, 5.41) is 14.5. The third-order valence-corrected chi connectivity index (χ3v) is 3.80. The highest BCUT2D eigenvalue weighted by atomic mass is 35.5. The molecule has 2 N–H and O–H groups in total. The van der Waals surface area contributed by atoms with Crippen molar-refractivity contribution in [2.24, 2.45) is 5.92 Å². The summed E-state index contributed by atoms with van der Waals surface area (Å²) in [7, 11) is 0. The second-order valence-corrected chi connectivity index (χ2v) is 5.04. The molecule has 15 heavy (non-hydrogen) atoms. The monoisotopic (exact) mass is 245 g/mol. The zero-order valence-corrected chi connectivity index (χ0v) is 9.64. The number of aliphatic hydroxyl groups is 1. The molecule has 1 atom stereocenters. The molecule has 1 amide bonds. The molecule has 5 heteroatoms. The van der Waals surface area contributed by atoms with Gasteiger partial charge in [0.1, 0.15) is 4.88 Å². The topological polar surface area (TPSA) is 49.3 Å². The Morgan fingerprint density at radius 3 is 3.00 bits per heavy atom. The second-order valence-electron chi connectivity index (χ2n) is 3.71. The molecule has 1 aliphatic rings. The van der Waals surface area contributed by atoms with E-state index in [1.54, 1.807) is 11.4 Å². The van der Waals surface area contributed by atoms with Crippen molar-refractivity contribution in [1.82, 2.24) is 5.32 Å². The maximum Gasteiger partial charge on any atom is 0.262 e. The van der Waals surface area contributed by atoms with E-state index >= 15 is 0 Å². The molecule has 3 nitrogen and oxygen atoms in total. The first-order valence-electron chi connectivity index (χ1n) is 4.87. The fourth-order valence-corrected chi connectivity index (χ4v) is 2.44. The fraction of sp³-hybridized carbons (Fsp3) is 0.500. The number of hydrogen-bond donors (Lipinski definition) is 2. The van der Waals surface area contributed by atoms with Gasteiger partial charge in [0.25, 0.3) is 5.91 Å². The maximum absolute atomic E-state index is 11.6. The van der Waals surface area contributed by atoms with Gasteiger partial charge < -0.3 is 10.4 Å². The number of aliphatic hydroxyl groups excluding tert-OH is 1. The first kappa shape index (κ1) is 10.9. The highest BCUT2D eigenvalue weighted by Gasteiger charge is 2.29. The molecule has 1 aliphatic carbocycles. The van der Waals surface area contributed by atoms with Crippen LogP contribution < -0.4 is 5.32 Å². The van der Waals surface area contributed by atoms with Gasteiger partial charge in [-0.1, -0.05) is 11.6 Å². The lowest BCUT2D eigenvalue weighted by molar-refractivity contribution is 0.0905. The largest absolute Gasteiger partial charge is 0.391 e. The molecular formula is C10H12ClNO2S. The van der Waals surface area contributed by atoms with Crippen LogP contribution in [0.5, 0.6) is 0 Å². The molecule has 0 radical (unpaired) electrons. The van der Waals surface area contributed by atoms with Crippen LogP contribution in [0.1, 0.15) is 22.5 Å². The molecule has 0 aliphatic heterocycles. The number of halogens is 1. The third kappa shape index (κ3) is 2.71. The van der Waals surface area contributed by atoms with Crippen molar-refractivity contribution >= 4 is 28.8 Å². The molecule has 1 heterocycles. The maximum atomic E-state index is 11.6. The summed E-state index contributed by atoms with van der Waals surface area (Å²) in [5.74, 6) is 0.179. The lowest BCUT2D eigenvalue weighted by atomic mass is 10.2. The van der Waals surface area contributed by atoms with Gasteiger partial charge in [-0.25, -0.2) is 0 Å². The Morgan fingerprint density at radius 1 is 1.73 bits per heavy atom. The molecule has 82 valence electrons. The average molecular weight is 246 g/mol. The van der Waals surface area contributed by atoms with Crippen molar-refractivity contribution < 1.29 is 9.90 Å². The molecule has 0 bridgehead atoms. The van der Waals surface area contributed by atoms with Crippen LogP contribution in [0.15, 0.2) is 11.4 Å². The number of hydrogen-bond acceptors (Lipinski definition) is 3. The van der Waals surface area contributed by atoms with Crippen molar-refractivity contribution in [2.75, 3.05) is 6.54 Å². The fourth-order valence-electron chi connectivity index (χ4n) is 1.38. The normalized spacial score (nSPS) is 17.5. The number of amides is 1. The van der Waals surface area contributed by atoms with Crippen LogP contribution in [0.4, 0.5) is 0 Å². The smallest absolute Gasteiger partial charge is 0.262 e. The van der Waals surface area contributed by atoms with Gasteiger partial charge in [-0.2, -0.15) is 0 Å². The molecule has 0 spiro atoms. The van der Waals surface area contributed by atoms with Gasteiger partial charge in [0, 0.05) is 6.54 Å². The molecule has 1 saturated carbocycles. The lowest BCUT2D eigenvalue weighted by Gasteiger charge is -2.09. The number of thiophene rings is 1. The Morgan fingerprint density at radius 2 is 2.47 bits per heavy atom. The van der Waals surface area contributed by atoms with E-state index in [0.717, 1.165) is 12.8 Å². The summed E-state index contributed by atoms with van der Waals surface area (Å²) < 4.78 is 0. The summed E-state index contributed by atoms with van der Waals surface area (Å²) in [6.07, 6.45) is 1.72. The molecular weight excluding hydrogens is 234 g/mol. The standard InChI is InChI=1S/C10H12ClNO2S/c11-7-3-4-15-9(7)10(14)12-5-8(13)6-1-2-6/h3-4,6,8,13H,1-2,5H2,(H,12,14). The van der Waals surface area contributed by atoms with Gasteiger partial charge in [0.2, 0.25) is 0 Å². The minimum absolute atomic E-state index is 0.199. The van der Waals surface area contributed by atoms with E-state index in [2.05, 4.69) is 5.32 Å². The van der Waals surface area contributed by atoms with Crippen molar-refractivity contribution in [1.29, 1.82) is 0 Å². The van der Waals surface area contributed by atoms with Crippen LogP contribution in [0.3, 0.4) is 0 Å². The van der Waals surface area contributed by atoms with Crippen LogP contribution >= 0.6 is 22.9 Å². The number of carbonyl (C=O) groups is 1. The van der Waals surface area contributed by atoms with E-state index in [1.165, 1.54) is 11.3 Å². The van der Waals surface area contributed by atoms with Crippen LogP contribution in [-0.2, 0) is 0 Å². The molecule has 1 aromatic heterocycles. The molecule has 1 fully saturated rings. The van der Waals surface area contributed by atoms with Gasteiger partial charge in [-0.3, -0.25) is 4.79 Å². The second kappa shape index (κ2) is 4.51. The summed E-state index contributed by atoms with van der Waals surface area (Å²) >= 11 is 7.12. The minimum atomic E-state index is -0.410. The van der Waals surface area contributed by atoms with Crippen molar-refractivity contribution in [3.8, 4) is 0 Å². The van der Waals surface area contributed by atoms with E-state index in [-0.39, 0.29) is 5.91 Å². The SMILES string of the molecule is O=C(NCC(O)C1CC1)c1sccc1Cl. The van der Waals surface area contributed by atoms with Gasteiger partial charge in [-0.05, 0) is 30.2 Å². The van der Waals surface area contributed by atoms with Crippen LogP contribution in [-0.4, -0.2) is 23.7 Å². The summed E-state index contributed by atoms with van der Waals surface area (Å²) in [5.41, 5.74) is 0. The third-order valence-electron chi connectivity index (χ3n) is 2.46. The van der Waals surface area contributed by atoms with Crippen molar-refractivity contribution in [3.63, 3.8) is 0 Å². The van der Waals surface area contributed by atoms with Crippen LogP contribution in [0.2, 0.25) is 5.02 Å². The molecule has 1 unspecified atom stereocenters. The lowest BCUT2D eigenvalue weighted by Crippen LogP contribution is -2.32. The predicted octanol–water partition coefficient (Wildman–Crippen LogP) is 1.90. The van der Waals surface area contributed by atoms with E-state index in [1.807, 2.05) is 0 Å². The number of nitrogens with one attached hydrogen (secondary N) is 1. The van der Waals surface area contributed by atoms with E-state index in [4.69, 9.17) is 11.6 Å².